The van der Waals surface area contributed by atoms with Gasteiger partial charge in [-0.25, -0.2) is 0 Å². The van der Waals surface area contributed by atoms with Crippen molar-refractivity contribution in [2.24, 2.45) is 0 Å². The van der Waals surface area contributed by atoms with Gasteiger partial charge in [-0.05, 0) is 36.1 Å². The van der Waals surface area contributed by atoms with Gasteiger partial charge in [-0.15, -0.1) is 11.6 Å². The van der Waals surface area contributed by atoms with Gasteiger partial charge in [-0.2, -0.15) is 5.26 Å². The van der Waals surface area contributed by atoms with Gasteiger partial charge in [0.25, 0.3) is 0 Å². The van der Waals surface area contributed by atoms with Crippen molar-refractivity contribution in [2.75, 3.05) is 12.4 Å². The molecule has 1 aliphatic heterocycles. The first-order valence-corrected chi connectivity index (χ1v) is 9.09. The third-order valence-electron chi connectivity index (χ3n) is 4.94. The summed E-state index contributed by atoms with van der Waals surface area (Å²) < 4.78 is 0. The average molecular weight is 359 g/mol. The SMILES string of the molecule is N#C[C@@]1(c2ccccc2)CCN(Cc2ccc(Cl)cc2)[C@@H](CCl)C1. The lowest BCUT2D eigenvalue weighted by Gasteiger charge is -2.43. The number of hydrogen-bond donors (Lipinski definition) is 0. The molecule has 0 saturated carbocycles. The number of alkyl halides is 1. The molecule has 2 aromatic carbocycles. The minimum absolute atomic E-state index is 0.191. The second-order valence-corrected chi connectivity index (χ2v) is 7.16. The van der Waals surface area contributed by atoms with Crippen LogP contribution in [-0.2, 0) is 12.0 Å². The Morgan fingerprint density at radius 2 is 1.83 bits per heavy atom. The molecule has 0 amide bonds. The van der Waals surface area contributed by atoms with Crippen molar-refractivity contribution in [1.29, 1.82) is 5.26 Å². The molecule has 0 spiro atoms. The summed E-state index contributed by atoms with van der Waals surface area (Å²) in [5, 5.41) is 10.6. The largest absolute Gasteiger partial charge is 0.295 e. The molecule has 0 bridgehead atoms. The van der Waals surface area contributed by atoms with Crippen molar-refractivity contribution in [3.63, 3.8) is 0 Å². The van der Waals surface area contributed by atoms with Gasteiger partial charge in [0.2, 0.25) is 0 Å². The lowest BCUT2D eigenvalue weighted by atomic mass is 9.71. The topological polar surface area (TPSA) is 27.0 Å². The van der Waals surface area contributed by atoms with Crippen molar-refractivity contribution in [3.8, 4) is 6.07 Å². The Morgan fingerprint density at radius 1 is 1.12 bits per heavy atom. The zero-order valence-electron chi connectivity index (χ0n) is 13.5. The summed E-state index contributed by atoms with van der Waals surface area (Å²) in [6.45, 7) is 1.70. The second kappa shape index (κ2) is 7.57. The van der Waals surface area contributed by atoms with Crippen LogP contribution in [0.2, 0.25) is 5.02 Å². The summed E-state index contributed by atoms with van der Waals surface area (Å²) in [5.74, 6) is 0.532. The van der Waals surface area contributed by atoms with Gasteiger partial charge in [0.1, 0.15) is 0 Å². The standard InChI is InChI=1S/C20H20Cl2N2/c21-13-19-12-20(15-23,17-4-2-1-3-5-17)10-11-24(19)14-16-6-8-18(22)9-7-16/h1-9,19H,10-14H2/t19-,20-/m1/s1. The van der Waals surface area contributed by atoms with E-state index in [0.717, 1.165) is 36.5 Å². The van der Waals surface area contributed by atoms with Gasteiger partial charge in [-0.1, -0.05) is 54.1 Å². The van der Waals surface area contributed by atoms with E-state index in [1.165, 1.54) is 5.56 Å². The molecule has 0 aliphatic carbocycles. The van der Waals surface area contributed by atoms with E-state index >= 15 is 0 Å². The normalized spacial score (nSPS) is 24.5. The van der Waals surface area contributed by atoms with Gasteiger partial charge in [0, 0.05) is 30.0 Å². The molecule has 3 rings (SSSR count). The Labute approximate surface area is 153 Å². The maximum atomic E-state index is 9.89. The molecular weight excluding hydrogens is 339 g/mol. The number of benzene rings is 2. The minimum atomic E-state index is -0.433. The van der Waals surface area contributed by atoms with Crippen molar-refractivity contribution < 1.29 is 0 Å². The van der Waals surface area contributed by atoms with Gasteiger partial charge in [0.15, 0.2) is 0 Å². The third kappa shape index (κ3) is 3.59. The van der Waals surface area contributed by atoms with Crippen LogP contribution in [0.3, 0.4) is 0 Å². The highest BCUT2D eigenvalue weighted by molar-refractivity contribution is 6.30. The molecule has 0 aromatic heterocycles. The number of nitrogens with zero attached hydrogens (tertiary/aromatic N) is 2. The van der Waals surface area contributed by atoms with Crippen molar-refractivity contribution in [2.45, 2.75) is 30.8 Å². The molecular formula is C20H20Cl2N2. The summed E-state index contributed by atoms with van der Waals surface area (Å²) in [5.41, 5.74) is 1.89. The van der Waals surface area contributed by atoms with E-state index < -0.39 is 5.41 Å². The third-order valence-corrected chi connectivity index (χ3v) is 5.55. The van der Waals surface area contributed by atoms with Crippen molar-refractivity contribution in [3.05, 3.63) is 70.7 Å². The van der Waals surface area contributed by atoms with E-state index in [-0.39, 0.29) is 6.04 Å². The van der Waals surface area contributed by atoms with Crippen LogP contribution in [0.5, 0.6) is 0 Å². The van der Waals surface area contributed by atoms with E-state index in [4.69, 9.17) is 23.2 Å². The Balaban J connectivity index is 1.78. The number of halogens is 2. The zero-order chi connectivity index (χ0) is 17.0. The van der Waals surface area contributed by atoms with E-state index in [0.29, 0.717) is 5.88 Å². The number of rotatable bonds is 4. The Bertz CT molecular complexity index is 709. The first-order chi connectivity index (χ1) is 11.7. The summed E-state index contributed by atoms with van der Waals surface area (Å²) in [6.07, 6.45) is 1.60. The molecule has 1 fully saturated rings. The highest BCUT2D eigenvalue weighted by atomic mass is 35.5. The van der Waals surface area contributed by atoms with Gasteiger partial charge >= 0.3 is 0 Å². The van der Waals surface area contributed by atoms with E-state index in [1.807, 2.05) is 30.3 Å². The molecule has 0 radical (unpaired) electrons. The minimum Gasteiger partial charge on any atom is -0.295 e. The van der Waals surface area contributed by atoms with Crippen LogP contribution in [0.25, 0.3) is 0 Å². The maximum Gasteiger partial charge on any atom is 0.0849 e. The molecule has 0 unspecified atom stereocenters. The lowest BCUT2D eigenvalue weighted by molar-refractivity contribution is 0.119. The maximum absolute atomic E-state index is 9.89. The average Bonchev–Trinajstić information content (AvgIpc) is 2.65. The van der Waals surface area contributed by atoms with Crippen LogP contribution in [0.1, 0.15) is 24.0 Å². The summed E-state index contributed by atoms with van der Waals surface area (Å²) in [6, 6.07) is 20.8. The Kier molecular flexibility index (Phi) is 5.46. The molecule has 124 valence electrons. The van der Waals surface area contributed by atoms with Gasteiger partial charge in [0.05, 0.1) is 11.5 Å². The fourth-order valence-corrected chi connectivity index (χ4v) is 3.95. The summed E-state index contributed by atoms with van der Waals surface area (Å²) >= 11 is 12.2. The first-order valence-electron chi connectivity index (χ1n) is 8.18. The van der Waals surface area contributed by atoms with Crippen LogP contribution in [0, 0.1) is 11.3 Å². The number of likely N-dealkylation sites (tertiary alicyclic amines) is 1. The van der Waals surface area contributed by atoms with E-state index in [1.54, 1.807) is 0 Å². The monoisotopic (exact) mass is 358 g/mol. The number of piperidine rings is 1. The molecule has 24 heavy (non-hydrogen) atoms. The quantitative estimate of drug-likeness (QED) is 0.718. The van der Waals surface area contributed by atoms with Crippen molar-refractivity contribution >= 4 is 23.2 Å². The highest BCUT2D eigenvalue weighted by Gasteiger charge is 2.41. The van der Waals surface area contributed by atoms with Crippen LogP contribution in [0.15, 0.2) is 54.6 Å². The van der Waals surface area contributed by atoms with Gasteiger partial charge in [-0.3, -0.25) is 4.90 Å². The molecule has 4 heteroatoms. The predicted octanol–water partition coefficient (Wildman–Crippen LogP) is 5.00. The van der Waals surface area contributed by atoms with Crippen LogP contribution < -0.4 is 0 Å². The smallest absolute Gasteiger partial charge is 0.0849 e. The van der Waals surface area contributed by atoms with Crippen LogP contribution in [-0.4, -0.2) is 23.4 Å². The molecule has 2 atom stereocenters. The predicted molar refractivity (Wildman–Crippen MR) is 99.3 cm³/mol. The molecule has 1 aliphatic rings. The van der Waals surface area contributed by atoms with Gasteiger partial charge < -0.3 is 0 Å². The summed E-state index contributed by atoms with van der Waals surface area (Å²) in [4.78, 5) is 2.38. The number of hydrogen-bond acceptors (Lipinski definition) is 2. The van der Waals surface area contributed by atoms with E-state index in [2.05, 4.69) is 35.2 Å². The first kappa shape index (κ1) is 17.3. The lowest BCUT2D eigenvalue weighted by Crippen LogP contribution is -2.49. The molecule has 2 nitrogen and oxygen atoms in total. The summed E-state index contributed by atoms with van der Waals surface area (Å²) in [7, 11) is 0. The fraction of sp³-hybridized carbons (Fsp3) is 0.350. The number of nitriles is 1. The zero-order valence-corrected chi connectivity index (χ0v) is 15.0. The Morgan fingerprint density at radius 3 is 2.46 bits per heavy atom. The van der Waals surface area contributed by atoms with E-state index in [9.17, 15) is 5.26 Å². The molecule has 0 N–H and O–H groups in total. The Hall–Kier alpha value is -1.53. The van der Waals surface area contributed by atoms with Crippen LogP contribution >= 0.6 is 23.2 Å². The molecule has 1 heterocycles. The van der Waals surface area contributed by atoms with Crippen LogP contribution in [0.4, 0.5) is 0 Å². The highest BCUT2D eigenvalue weighted by Crippen LogP contribution is 2.38. The van der Waals surface area contributed by atoms with Crippen molar-refractivity contribution in [1.82, 2.24) is 4.90 Å². The fourth-order valence-electron chi connectivity index (χ4n) is 3.52. The molecule has 2 aromatic rings. The second-order valence-electron chi connectivity index (χ2n) is 6.42. The molecule has 1 saturated heterocycles.